The smallest absolute Gasteiger partial charge is 0.314 e. The van der Waals surface area contributed by atoms with E-state index in [0.29, 0.717) is 11.8 Å². The van der Waals surface area contributed by atoms with Crippen LogP contribution in [-0.2, 0) is 4.79 Å². The van der Waals surface area contributed by atoms with Gasteiger partial charge >= 0.3 is 5.97 Å². The predicted octanol–water partition coefficient (Wildman–Crippen LogP) is 8.42. The van der Waals surface area contributed by atoms with Gasteiger partial charge in [0.05, 0.1) is 11.5 Å². The van der Waals surface area contributed by atoms with Crippen LogP contribution >= 0.6 is 0 Å². The molecule has 2 aliphatic rings. The van der Waals surface area contributed by atoms with Crippen LogP contribution in [-0.4, -0.2) is 5.97 Å². The number of carbonyl (C=O) groups is 1. The fourth-order valence-electron chi connectivity index (χ4n) is 5.16. The highest BCUT2D eigenvalue weighted by molar-refractivity contribution is 5.75. The maximum atomic E-state index is 13.7. The second kappa shape index (κ2) is 12.5. The van der Waals surface area contributed by atoms with Crippen molar-refractivity contribution in [3.63, 3.8) is 0 Å². The first kappa shape index (κ1) is 24.9. The van der Waals surface area contributed by atoms with Gasteiger partial charge in [-0.25, -0.2) is 13.2 Å². The van der Waals surface area contributed by atoms with Gasteiger partial charge in [0.2, 0.25) is 0 Å². The number of unbranched alkanes of at least 4 members (excludes halogenated alkanes) is 2. The van der Waals surface area contributed by atoms with Crippen molar-refractivity contribution in [2.45, 2.75) is 90.4 Å². The van der Waals surface area contributed by atoms with Gasteiger partial charge in [0.15, 0.2) is 0 Å². The Morgan fingerprint density at radius 2 is 1.62 bits per heavy atom. The normalized spacial score (nSPS) is 26.5. The van der Waals surface area contributed by atoms with Crippen molar-refractivity contribution in [1.82, 2.24) is 0 Å². The molecule has 0 aliphatic heterocycles. The third-order valence-electron chi connectivity index (χ3n) is 7.29. The fraction of sp³-hybridized carbons (Fsp3) is 0.667. The summed E-state index contributed by atoms with van der Waals surface area (Å²) in [4.78, 5) is 12.4. The molecule has 0 spiro atoms. The lowest BCUT2D eigenvalue weighted by Gasteiger charge is -2.28. The summed E-state index contributed by atoms with van der Waals surface area (Å²) in [5.74, 6) is 0.468. The minimum absolute atomic E-state index is 0.00999. The molecule has 5 heteroatoms. The van der Waals surface area contributed by atoms with Crippen molar-refractivity contribution in [3.8, 4) is 5.75 Å². The molecule has 0 heterocycles. The average Bonchev–Trinajstić information content (AvgIpc) is 2.79. The van der Waals surface area contributed by atoms with Crippen molar-refractivity contribution in [2.24, 2.45) is 23.7 Å². The van der Waals surface area contributed by atoms with Crippen molar-refractivity contribution in [2.75, 3.05) is 0 Å². The number of ether oxygens (including phenoxy) is 1. The lowest BCUT2D eigenvalue weighted by molar-refractivity contribution is -0.140. The van der Waals surface area contributed by atoms with Gasteiger partial charge in [-0.2, -0.15) is 0 Å². The molecule has 0 aromatic heterocycles. The van der Waals surface area contributed by atoms with E-state index in [4.69, 9.17) is 4.74 Å². The fourth-order valence-corrected chi connectivity index (χ4v) is 5.16. The predicted molar refractivity (Wildman–Crippen MR) is 121 cm³/mol. The van der Waals surface area contributed by atoms with Crippen LogP contribution in [0.5, 0.6) is 5.75 Å². The van der Waals surface area contributed by atoms with E-state index >= 15 is 0 Å². The Labute approximate surface area is 190 Å². The summed E-state index contributed by atoms with van der Waals surface area (Å²) in [5, 5.41) is 0. The van der Waals surface area contributed by atoms with E-state index < -0.39 is 23.8 Å². The number of halogens is 3. The van der Waals surface area contributed by atoms with Crippen molar-refractivity contribution in [1.29, 1.82) is 0 Å². The summed E-state index contributed by atoms with van der Waals surface area (Å²) in [7, 11) is 0. The lowest BCUT2D eigenvalue weighted by Crippen LogP contribution is -2.25. The minimum Gasteiger partial charge on any atom is -0.426 e. The van der Waals surface area contributed by atoms with E-state index in [1.807, 2.05) is 0 Å². The highest BCUT2D eigenvalue weighted by atomic mass is 19.3. The average molecular weight is 451 g/mol. The Bertz CT molecular complexity index is 745. The highest BCUT2D eigenvalue weighted by Gasteiger charge is 2.27. The van der Waals surface area contributed by atoms with Gasteiger partial charge in [-0.15, -0.1) is 0 Å². The summed E-state index contributed by atoms with van der Waals surface area (Å²) >= 11 is 0. The molecule has 2 fully saturated rings. The Hall–Kier alpha value is -1.78. The molecule has 0 saturated heterocycles. The van der Waals surface area contributed by atoms with Gasteiger partial charge in [-0.1, -0.05) is 44.8 Å². The monoisotopic (exact) mass is 450 g/mol. The van der Waals surface area contributed by atoms with E-state index in [-0.39, 0.29) is 11.7 Å². The van der Waals surface area contributed by atoms with Crippen LogP contribution in [0.3, 0.4) is 0 Å². The molecule has 0 radical (unpaired) electrons. The zero-order chi connectivity index (χ0) is 22.9. The molecule has 32 heavy (non-hydrogen) atoms. The van der Waals surface area contributed by atoms with E-state index in [1.54, 1.807) is 0 Å². The summed E-state index contributed by atoms with van der Waals surface area (Å²) < 4.78 is 44.3. The highest BCUT2D eigenvalue weighted by Crippen LogP contribution is 2.35. The summed E-state index contributed by atoms with van der Waals surface area (Å²) in [6.07, 6.45) is 16.0. The Balaban J connectivity index is 1.38. The van der Waals surface area contributed by atoms with Crippen LogP contribution in [0.1, 0.15) is 96.0 Å². The molecule has 1 aromatic carbocycles. The van der Waals surface area contributed by atoms with Gasteiger partial charge in [0, 0.05) is 6.07 Å². The van der Waals surface area contributed by atoms with Crippen LogP contribution in [0.25, 0.3) is 0 Å². The van der Waals surface area contributed by atoms with E-state index in [0.717, 1.165) is 43.7 Å². The molecule has 0 atom stereocenters. The number of hydrogen-bond acceptors (Lipinski definition) is 2. The number of carbonyl (C=O) groups excluding carboxylic acids is 1. The third kappa shape index (κ3) is 7.38. The third-order valence-corrected chi connectivity index (χ3v) is 7.29. The first-order valence-electron chi connectivity index (χ1n) is 12.4. The van der Waals surface area contributed by atoms with E-state index in [1.165, 1.54) is 57.4 Å². The van der Waals surface area contributed by atoms with Crippen LogP contribution < -0.4 is 4.74 Å². The molecule has 2 saturated carbocycles. The van der Waals surface area contributed by atoms with Crippen molar-refractivity contribution < 1.29 is 22.7 Å². The zero-order valence-electron chi connectivity index (χ0n) is 19.2. The van der Waals surface area contributed by atoms with Crippen LogP contribution in [0.15, 0.2) is 30.4 Å². The molecule has 0 unspecified atom stereocenters. The zero-order valence-corrected chi connectivity index (χ0v) is 19.2. The second-order valence-corrected chi connectivity index (χ2v) is 9.68. The Morgan fingerprint density at radius 1 is 1.00 bits per heavy atom. The minimum atomic E-state index is -2.89. The number of allylic oxidation sites excluding steroid dienone is 2. The van der Waals surface area contributed by atoms with Gasteiger partial charge < -0.3 is 4.74 Å². The lowest BCUT2D eigenvalue weighted by atomic mass is 9.78. The topological polar surface area (TPSA) is 26.3 Å². The number of hydrogen-bond donors (Lipinski definition) is 0. The van der Waals surface area contributed by atoms with Crippen LogP contribution in [0.2, 0.25) is 0 Å². The number of esters is 1. The molecule has 2 aliphatic carbocycles. The maximum absolute atomic E-state index is 13.7. The second-order valence-electron chi connectivity index (χ2n) is 9.68. The molecule has 0 bridgehead atoms. The molecule has 0 amide bonds. The molecule has 1 aromatic rings. The van der Waals surface area contributed by atoms with Crippen LogP contribution in [0.4, 0.5) is 13.2 Å². The number of benzene rings is 1. The molecule has 3 rings (SSSR count). The number of rotatable bonds is 9. The first-order chi connectivity index (χ1) is 15.5. The molecular weight excluding hydrogens is 413 g/mol. The Kier molecular flexibility index (Phi) is 9.68. The van der Waals surface area contributed by atoms with E-state index in [9.17, 15) is 18.0 Å². The Morgan fingerprint density at radius 3 is 2.19 bits per heavy atom. The maximum Gasteiger partial charge on any atom is 0.314 e. The van der Waals surface area contributed by atoms with Gasteiger partial charge in [0.1, 0.15) is 11.6 Å². The standard InChI is InChI=1S/C27H37F3O2/c1-2-3-4-5-19-6-8-20(9-7-19)10-11-21-12-14-22(15-13-21)27(31)32-23-16-17-24(26(29)30)25(28)18-23/h10-11,16-22,26H,2-9,12-15H2,1H3. The first-order valence-corrected chi connectivity index (χ1v) is 12.4. The van der Waals surface area contributed by atoms with Crippen LogP contribution in [0, 0.1) is 29.5 Å². The summed E-state index contributed by atoms with van der Waals surface area (Å²) in [6.45, 7) is 2.26. The molecular formula is C27H37F3O2. The van der Waals surface area contributed by atoms with Crippen molar-refractivity contribution >= 4 is 5.97 Å². The molecule has 0 N–H and O–H groups in total. The van der Waals surface area contributed by atoms with Gasteiger partial charge in [0.25, 0.3) is 6.43 Å². The SMILES string of the molecule is CCCCCC1CCC(C=CC2CCC(C(=O)Oc3ccc(C(F)F)c(F)c3)CC2)CC1. The van der Waals surface area contributed by atoms with E-state index in [2.05, 4.69) is 19.1 Å². The quantitative estimate of drug-likeness (QED) is 0.163. The number of alkyl halides is 2. The molecule has 178 valence electrons. The van der Waals surface area contributed by atoms with Crippen molar-refractivity contribution in [3.05, 3.63) is 41.7 Å². The largest absolute Gasteiger partial charge is 0.426 e. The van der Waals surface area contributed by atoms with Gasteiger partial charge in [-0.3, -0.25) is 4.79 Å². The summed E-state index contributed by atoms with van der Waals surface area (Å²) in [6, 6.07) is 3.07. The molecule has 2 nitrogen and oxygen atoms in total. The van der Waals surface area contributed by atoms with Gasteiger partial charge in [-0.05, 0) is 81.3 Å². The summed E-state index contributed by atoms with van der Waals surface area (Å²) in [5.41, 5.74) is -0.679.